The van der Waals surface area contributed by atoms with Crippen molar-refractivity contribution in [3.63, 3.8) is 0 Å². The maximum absolute atomic E-state index is 11.9. The van der Waals surface area contributed by atoms with E-state index < -0.39 is 9.84 Å². The van der Waals surface area contributed by atoms with Crippen LogP contribution in [0.5, 0.6) is 0 Å². The van der Waals surface area contributed by atoms with Crippen molar-refractivity contribution in [3.05, 3.63) is 24.3 Å². The number of piperidine rings is 1. The van der Waals surface area contributed by atoms with Gasteiger partial charge in [-0.15, -0.1) is 0 Å². The molecule has 1 aromatic carbocycles. The summed E-state index contributed by atoms with van der Waals surface area (Å²) >= 11 is 0. The van der Waals surface area contributed by atoms with Gasteiger partial charge in [-0.1, -0.05) is 12.1 Å². The fourth-order valence-corrected chi connectivity index (χ4v) is 3.71. The van der Waals surface area contributed by atoms with Gasteiger partial charge in [0.05, 0.1) is 10.6 Å². The third-order valence-electron chi connectivity index (χ3n) is 3.92. The largest absolute Gasteiger partial charge is 0.370 e. The van der Waals surface area contributed by atoms with E-state index in [0.29, 0.717) is 10.8 Å². The summed E-state index contributed by atoms with van der Waals surface area (Å²) < 4.78 is 23.9. The number of nitrogens with zero attached hydrogens (tertiary/aromatic N) is 1. The molecule has 0 spiro atoms. The van der Waals surface area contributed by atoms with Crippen LogP contribution in [0, 0.1) is 5.92 Å². The summed E-state index contributed by atoms with van der Waals surface area (Å²) in [6, 6.07) is 7.32. The lowest BCUT2D eigenvalue weighted by atomic mass is 9.97. The second-order valence-corrected chi connectivity index (χ2v) is 7.46. The van der Waals surface area contributed by atoms with Gasteiger partial charge in [0.1, 0.15) is 0 Å². The SMILES string of the molecule is CCN(CC1CCNCC1)c1ccccc1S(C)(=O)=O. The number of hydrogen-bond donors (Lipinski definition) is 1. The monoisotopic (exact) mass is 296 g/mol. The van der Waals surface area contributed by atoms with Crippen LogP contribution >= 0.6 is 0 Å². The zero-order chi connectivity index (χ0) is 14.6. The van der Waals surface area contributed by atoms with E-state index in [0.717, 1.165) is 44.7 Å². The van der Waals surface area contributed by atoms with Crippen LogP contribution in [0.2, 0.25) is 0 Å². The van der Waals surface area contributed by atoms with Crippen molar-refractivity contribution >= 4 is 15.5 Å². The number of hydrogen-bond acceptors (Lipinski definition) is 4. The van der Waals surface area contributed by atoms with Crippen molar-refractivity contribution in [3.8, 4) is 0 Å². The van der Waals surface area contributed by atoms with Crippen LogP contribution in [-0.4, -0.2) is 40.9 Å². The van der Waals surface area contributed by atoms with Gasteiger partial charge in [-0.25, -0.2) is 8.42 Å². The predicted octanol–water partition coefficient (Wildman–Crippen LogP) is 1.92. The Labute approximate surface area is 122 Å². The second-order valence-electron chi connectivity index (χ2n) is 5.47. The van der Waals surface area contributed by atoms with E-state index in [-0.39, 0.29) is 0 Å². The molecule has 0 aromatic heterocycles. The summed E-state index contributed by atoms with van der Waals surface area (Å²) in [5.74, 6) is 0.642. The fourth-order valence-electron chi connectivity index (χ4n) is 2.81. The highest BCUT2D eigenvalue weighted by molar-refractivity contribution is 7.90. The Morgan fingerprint density at radius 2 is 1.90 bits per heavy atom. The van der Waals surface area contributed by atoms with Gasteiger partial charge in [-0.2, -0.15) is 0 Å². The van der Waals surface area contributed by atoms with Crippen molar-refractivity contribution in [1.82, 2.24) is 5.32 Å². The molecule has 1 saturated heterocycles. The van der Waals surface area contributed by atoms with Crippen molar-refractivity contribution in [2.45, 2.75) is 24.7 Å². The first kappa shape index (κ1) is 15.3. The van der Waals surface area contributed by atoms with Gasteiger partial charge in [0.2, 0.25) is 0 Å². The Bertz CT molecular complexity index is 537. The predicted molar refractivity (Wildman–Crippen MR) is 83.0 cm³/mol. The first-order valence-corrected chi connectivity index (χ1v) is 9.16. The van der Waals surface area contributed by atoms with Crippen LogP contribution < -0.4 is 10.2 Å². The van der Waals surface area contributed by atoms with Crippen LogP contribution in [0.25, 0.3) is 0 Å². The topological polar surface area (TPSA) is 49.4 Å². The van der Waals surface area contributed by atoms with Gasteiger partial charge in [0.25, 0.3) is 0 Å². The molecule has 0 radical (unpaired) electrons. The molecule has 1 aliphatic rings. The first-order valence-electron chi connectivity index (χ1n) is 7.27. The first-order chi connectivity index (χ1) is 9.52. The molecule has 0 amide bonds. The van der Waals surface area contributed by atoms with Gasteiger partial charge in [0.15, 0.2) is 9.84 Å². The lowest BCUT2D eigenvalue weighted by Crippen LogP contribution is -2.36. The molecule has 1 fully saturated rings. The number of anilines is 1. The third kappa shape index (κ3) is 3.73. The highest BCUT2D eigenvalue weighted by atomic mass is 32.2. The minimum Gasteiger partial charge on any atom is -0.370 e. The Morgan fingerprint density at radius 3 is 2.50 bits per heavy atom. The van der Waals surface area contributed by atoms with E-state index in [1.165, 1.54) is 6.26 Å². The summed E-state index contributed by atoms with van der Waals surface area (Å²) in [5, 5.41) is 3.37. The van der Waals surface area contributed by atoms with E-state index in [9.17, 15) is 8.42 Å². The summed E-state index contributed by atoms with van der Waals surface area (Å²) in [6.45, 7) is 5.98. The summed E-state index contributed by atoms with van der Waals surface area (Å²) in [7, 11) is -3.18. The molecule has 5 heteroatoms. The highest BCUT2D eigenvalue weighted by Crippen LogP contribution is 2.26. The number of benzene rings is 1. The van der Waals surface area contributed by atoms with E-state index >= 15 is 0 Å². The summed E-state index contributed by atoms with van der Waals surface area (Å²) in [4.78, 5) is 2.64. The van der Waals surface area contributed by atoms with Crippen LogP contribution in [-0.2, 0) is 9.84 Å². The molecule has 1 N–H and O–H groups in total. The molecular weight excluding hydrogens is 272 g/mol. The van der Waals surface area contributed by atoms with E-state index in [4.69, 9.17) is 0 Å². The second kappa shape index (κ2) is 6.59. The summed E-state index contributed by atoms with van der Waals surface area (Å²) in [6.07, 6.45) is 3.61. The maximum Gasteiger partial charge on any atom is 0.177 e. The van der Waals surface area contributed by atoms with Gasteiger partial charge in [-0.3, -0.25) is 0 Å². The van der Waals surface area contributed by atoms with Crippen molar-refractivity contribution in [2.24, 2.45) is 5.92 Å². The molecule has 1 heterocycles. The zero-order valence-electron chi connectivity index (χ0n) is 12.3. The maximum atomic E-state index is 11.9. The molecule has 0 saturated carbocycles. The molecule has 4 nitrogen and oxygen atoms in total. The Hall–Kier alpha value is -1.07. The smallest absolute Gasteiger partial charge is 0.177 e. The van der Waals surface area contributed by atoms with E-state index in [2.05, 4.69) is 17.1 Å². The lowest BCUT2D eigenvalue weighted by Gasteiger charge is -2.31. The number of sulfone groups is 1. The van der Waals surface area contributed by atoms with Gasteiger partial charge in [0, 0.05) is 19.3 Å². The molecule has 2 rings (SSSR count). The minimum atomic E-state index is -3.18. The van der Waals surface area contributed by atoms with Gasteiger partial charge >= 0.3 is 0 Å². The molecular formula is C15H24N2O2S. The summed E-state index contributed by atoms with van der Waals surface area (Å²) in [5.41, 5.74) is 0.844. The minimum absolute atomic E-state index is 0.441. The Balaban J connectivity index is 2.23. The highest BCUT2D eigenvalue weighted by Gasteiger charge is 2.20. The average Bonchev–Trinajstić information content (AvgIpc) is 2.45. The average molecular weight is 296 g/mol. The molecule has 0 aliphatic carbocycles. The Kier molecular flexibility index (Phi) is 5.05. The molecule has 0 unspecified atom stereocenters. The quantitative estimate of drug-likeness (QED) is 0.902. The lowest BCUT2D eigenvalue weighted by molar-refractivity contribution is 0.374. The number of para-hydroxylation sites is 1. The van der Waals surface area contributed by atoms with E-state index in [1.54, 1.807) is 12.1 Å². The normalized spacial score (nSPS) is 17.1. The standard InChI is InChI=1S/C15H24N2O2S/c1-3-17(12-13-8-10-16-11-9-13)14-6-4-5-7-15(14)20(2,18)19/h4-7,13,16H,3,8-12H2,1-2H3. The van der Waals surface area contributed by atoms with Crippen LogP contribution in [0.3, 0.4) is 0 Å². The van der Waals surface area contributed by atoms with Crippen molar-refractivity contribution in [2.75, 3.05) is 37.3 Å². The fraction of sp³-hybridized carbons (Fsp3) is 0.600. The number of nitrogens with one attached hydrogen (secondary N) is 1. The molecule has 1 aromatic rings. The van der Waals surface area contributed by atoms with Crippen LogP contribution in [0.4, 0.5) is 5.69 Å². The zero-order valence-corrected chi connectivity index (χ0v) is 13.1. The molecule has 0 bridgehead atoms. The number of rotatable bonds is 5. The van der Waals surface area contributed by atoms with Crippen molar-refractivity contribution in [1.29, 1.82) is 0 Å². The molecule has 0 atom stereocenters. The van der Waals surface area contributed by atoms with Crippen LogP contribution in [0.15, 0.2) is 29.2 Å². The van der Waals surface area contributed by atoms with Gasteiger partial charge < -0.3 is 10.2 Å². The molecule has 20 heavy (non-hydrogen) atoms. The van der Waals surface area contributed by atoms with E-state index in [1.807, 2.05) is 12.1 Å². The van der Waals surface area contributed by atoms with Gasteiger partial charge in [-0.05, 0) is 50.9 Å². The molecule has 112 valence electrons. The molecule has 1 aliphatic heterocycles. The third-order valence-corrected chi connectivity index (χ3v) is 5.07. The van der Waals surface area contributed by atoms with Crippen LogP contribution in [0.1, 0.15) is 19.8 Å². The van der Waals surface area contributed by atoms with Crippen molar-refractivity contribution < 1.29 is 8.42 Å². The Morgan fingerprint density at radius 1 is 1.25 bits per heavy atom.